The molecule has 0 aromatic carbocycles. The molecule has 372 valence electrons. The van der Waals surface area contributed by atoms with Gasteiger partial charge in [0.15, 0.2) is 0 Å². The molecule has 0 radical (unpaired) electrons. The van der Waals surface area contributed by atoms with E-state index in [0.717, 1.165) is 96.3 Å². The maximum Gasteiger partial charge on any atom is 0.306 e. The molecule has 0 rings (SSSR count). The van der Waals surface area contributed by atoms with E-state index in [2.05, 4.69) is 86.8 Å². The van der Waals surface area contributed by atoms with Gasteiger partial charge >= 0.3 is 5.97 Å². The van der Waals surface area contributed by atoms with Crippen LogP contribution in [0.25, 0.3) is 0 Å². The number of hydrogen-bond acceptors (Lipinski definition) is 5. The number of amides is 1. The fourth-order valence-electron chi connectivity index (χ4n) is 8.19. The SMILES string of the molecule is CCCCC/C=C/C=C/CCCCCCC(CC(=O)NC(CO)C(O)CCCCCCCCCCCCCCCC)OC(=O)CCCCCCC/C=C/C=C/C=C/CCCCCCC. The second-order valence-corrected chi connectivity index (χ2v) is 18.7. The first kappa shape index (κ1) is 61.6. The van der Waals surface area contributed by atoms with Gasteiger partial charge in [-0.1, -0.05) is 242 Å². The zero-order valence-electron chi connectivity index (χ0n) is 42.4. The number of hydrogen-bond donors (Lipinski definition) is 3. The first-order chi connectivity index (χ1) is 31.5. The van der Waals surface area contributed by atoms with Crippen LogP contribution in [0, 0.1) is 0 Å². The molecule has 0 aliphatic rings. The molecule has 1 amide bonds. The lowest BCUT2D eigenvalue weighted by Crippen LogP contribution is -2.46. The molecule has 0 aliphatic carbocycles. The first-order valence-electron chi connectivity index (χ1n) is 27.6. The van der Waals surface area contributed by atoms with Crippen LogP contribution >= 0.6 is 0 Å². The van der Waals surface area contributed by atoms with Crippen LogP contribution in [0.5, 0.6) is 0 Å². The van der Waals surface area contributed by atoms with Crippen molar-refractivity contribution in [1.82, 2.24) is 5.32 Å². The normalized spacial score (nSPS) is 13.6. The molecule has 0 aromatic heterocycles. The topological polar surface area (TPSA) is 95.9 Å². The van der Waals surface area contributed by atoms with Crippen molar-refractivity contribution in [2.75, 3.05) is 6.61 Å². The van der Waals surface area contributed by atoms with Crippen LogP contribution in [0.4, 0.5) is 0 Å². The number of allylic oxidation sites excluding steroid dienone is 10. The average Bonchev–Trinajstić information content (AvgIpc) is 3.29. The van der Waals surface area contributed by atoms with E-state index >= 15 is 0 Å². The Bertz CT molecular complexity index is 1140. The van der Waals surface area contributed by atoms with Gasteiger partial charge in [0.05, 0.1) is 25.2 Å². The molecular formula is C58H105NO5. The number of esters is 1. The fraction of sp³-hybridized carbons (Fsp3) is 0.793. The molecule has 6 heteroatoms. The predicted molar refractivity (Wildman–Crippen MR) is 278 cm³/mol. The maximum atomic E-state index is 13.2. The smallest absolute Gasteiger partial charge is 0.306 e. The van der Waals surface area contributed by atoms with Crippen molar-refractivity contribution in [3.05, 3.63) is 60.8 Å². The van der Waals surface area contributed by atoms with E-state index < -0.39 is 18.2 Å². The fourth-order valence-corrected chi connectivity index (χ4v) is 8.19. The van der Waals surface area contributed by atoms with Gasteiger partial charge in [-0.25, -0.2) is 0 Å². The van der Waals surface area contributed by atoms with Crippen molar-refractivity contribution in [3.8, 4) is 0 Å². The van der Waals surface area contributed by atoms with Crippen molar-refractivity contribution in [2.24, 2.45) is 0 Å². The standard InChI is InChI=1S/C58H105NO5/c1-4-7-10-13-16-19-22-25-27-28-29-30-33-36-39-42-45-48-51-58(63)64-54(49-46-43-40-37-34-31-24-21-18-15-12-9-6-3)52-57(62)59-55(53-60)56(61)50-47-44-41-38-35-32-26-23-20-17-14-11-8-5-2/h18,21-22,24-25,27-31,54-56,60-61H,4-17,19-20,23,26,32-53H2,1-3H3,(H,59,62)/b21-18+,25-22+,28-27+,30-29+,31-24+. The molecule has 3 N–H and O–H groups in total. The molecule has 0 bridgehead atoms. The number of nitrogens with one attached hydrogen (secondary N) is 1. The Balaban J connectivity index is 4.61. The van der Waals surface area contributed by atoms with E-state index in [4.69, 9.17) is 4.74 Å². The molecule has 6 nitrogen and oxygen atoms in total. The number of rotatable bonds is 49. The highest BCUT2D eigenvalue weighted by Gasteiger charge is 2.24. The van der Waals surface area contributed by atoms with Crippen LogP contribution in [-0.2, 0) is 14.3 Å². The zero-order chi connectivity index (χ0) is 46.7. The zero-order valence-corrected chi connectivity index (χ0v) is 42.4. The summed E-state index contributed by atoms with van der Waals surface area (Å²) in [4.78, 5) is 26.2. The van der Waals surface area contributed by atoms with Crippen molar-refractivity contribution >= 4 is 11.9 Å². The number of aliphatic hydroxyl groups is 2. The van der Waals surface area contributed by atoms with Crippen molar-refractivity contribution in [2.45, 2.75) is 289 Å². The van der Waals surface area contributed by atoms with Crippen LogP contribution in [0.2, 0.25) is 0 Å². The third-order valence-electron chi connectivity index (χ3n) is 12.4. The van der Waals surface area contributed by atoms with E-state index in [1.54, 1.807) is 0 Å². The highest BCUT2D eigenvalue weighted by molar-refractivity contribution is 5.77. The van der Waals surface area contributed by atoms with Crippen molar-refractivity contribution in [3.63, 3.8) is 0 Å². The van der Waals surface area contributed by atoms with Gasteiger partial charge < -0.3 is 20.3 Å². The van der Waals surface area contributed by atoms with Crippen LogP contribution in [0.15, 0.2) is 60.8 Å². The van der Waals surface area contributed by atoms with E-state index in [9.17, 15) is 19.8 Å². The van der Waals surface area contributed by atoms with E-state index in [-0.39, 0.29) is 24.9 Å². The van der Waals surface area contributed by atoms with Gasteiger partial charge in [0, 0.05) is 6.42 Å². The third-order valence-corrected chi connectivity index (χ3v) is 12.4. The van der Waals surface area contributed by atoms with E-state index in [0.29, 0.717) is 19.3 Å². The quantitative estimate of drug-likeness (QED) is 0.0321. The predicted octanol–water partition coefficient (Wildman–Crippen LogP) is 16.8. The van der Waals surface area contributed by atoms with Crippen LogP contribution < -0.4 is 5.32 Å². The molecule has 0 heterocycles. The Morgan fingerprint density at radius 2 is 0.797 bits per heavy atom. The Hall–Kier alpha value is -2.44. The van der Waals surface area contributed by atoms with E-state index in [1.165, 1.54) is 128 Å². The molecule has 0 spiro atoms. The molecule has 0 aromatic rings. The third kappa shape index (κ3) is 46.1. The summed E-state index contributed by atoms with van der Waals surface area (Å²) in [5.41, 5.74) is 0. The first-order valence-corrected chi connectivity index (χ1v) is 27.6. The minimum absolute atomic E-state index is 0.0548. The average molecular weight is 896 g/mol. The summed E-state index contributed by atoms with van der Waals surface area (Å²) < 4.78 is 5.93. The lowest BCUT2D eigenvalue weighted by Gasteiger charge is -2.24. The minimum atomic E-state index is -0.798. The van der Waals surface area contributed by atoms with Gasteiger partial charge in [-0.15, -0.1) is 0 Å². The highest BCUT2D eigenvalue weighted by atomic mass is 16.5. The largest absolute Gasteiger partial charge is 0.462 e. The number of ether oxygens (including phenoxy) is 1. The molecule has 0 saturated heterocycles. The maximum absolute atomic E-state index is 13.2. The number of carbonyl (C=O) groups is 2. The van der Waals surface area contributed by atoms with Crippen LogP contribution in [0.3, 0.4) is 0 Å². The summed E-state index contributed by atoms with van der Waals surface area (Å²) in [7, 11) is 0. The summed E-state index contributed by atoms with van der Waals surface area (Å²) in [6.45, 7) is 6.44. The summed E-state index contributed by atoms with van der Waals surface area (Å²) in [6, 6.07) is -0.714. The second kappa shape index (κ2) is 51.5. The van der Waals surface area contributed by atoms with Gasteiger partial charge in [0.1, 0.15) is 6.10 Å². The molecular weight excluding hydrogens is 791 g/mol. The monoisotopic (exact) mass is 896 g/mol. The molecule has 0 aliphatic heterocycles. The molecule has 0 fully saturated rings. The van der Waals surface area contributed by atoms with Gasteiger partial charge in [-0.3, -0.25) is 9.59 Å². The summed E-state index contributed by atoms with van der Waals surface area (Å²) in [5, 5.41) is 23.8. The Kier molecular flexibility index (Phi) is 49.6. The second-order valence-electron chi connectivity index (χ2n) is 18.7. The van der Waals surface area contributed by atoms with Crippen molar-refractivity contribution in [1.29, 1.82) is 0 Å². The van der Waals surface area contributed by atoms with Gasteiger partial charge in [0.25, 0.3) is 0 Å². The Morgan fingerprint density at radius 3 is 1.23 bits per heavy atom. The number of unbranched alkanes of at least 4 members (excludes halogenated alkanes) is 30. The molecule has 64 heavy (non-hydrogen) atoms. The highest BCUT2D eigenvalue weighted by Crippen LogP contribution is 2.18. The summed E-state index contributed by atoms with van der Waals surface area (Å²) in [5.74, 6) is -0.513. The van der Waals surface area contributed by atoms with Crippen LogP contribution in [0.1, 0.15) is 271 Å². The summed E-state index contributed by atoms with van der Waals surface area (Å²) in [6.07, 6.45) is 64.2. The van der Waals surface area contributed by atoms with Crippen molar-refractivity contribution < 1.29 is 24.5 Å². The summed E-state index contributed by atoms with van der Waals surface area (Å²) >= 11 is 0. The molecule has 0 saturated carbocycles. The van der Waals surface area contributed by atoms with Gasteiger partial charge in [-0.05, 0) is 77.0 Å². The number of carbonyl (C=O) groups excluding carboxylic acids is 2. The van der Waals surface area contributed by atoms with E-state index in [1.807, 2.05) is 0 Å². The Labute approximate surface area is 397 Å². The van der Waals surface area contributed by atoms with Crippen LogP contribution in [-0.4, -0.2) is 46.9 Å². The molecule has 3 unspecified atom stereocenters. The van der Waals surface area contributed by atoms with Gasteiger partial charge in [0.2, 0.25) is 5.91 Å². The minimum Gasteiger partial charge on any atom is -0.462 e. The Morgan fingerprint density at radius 1 is 0.453 bits per heavy atom. The van der Waals surface area contributed by atoms with Gasteiger partial charge in [-0.2, -0.15) is 0 Å². The lowest BCUT2D eigenvalue weighted by molar-refractivity contribution is -0.151. The molecule has 3 atom stereocenters. The lowest BCUT2D eigenvalue weighted by atomic mass is 10.0. The number of aliphatic hydroxyl groups excluding tert-OH is 2.